The van der Waals surface area contributed by atoms with E-state index < -0.39 is 0 Å². The van der Waals surface area contributed by atoms with Gasteiger partial charge in [0.15, 0.2) is 5.82 Å². The summed E-state index contributed by atoms with van der Waals surface area (Å²) in [6.07, 6.45) is 0.433. The molecule has 0 bridgehead atoms. The van der Waals surface area contributed by atoms with E-state index >= 15 is 0 Å². The molecule has 0 aliphatic heterocycles. The number of nitrogens with zero attached hydrogens (tertiary/aromatic N) is 3. The van der Waals surface area contributed by atoms with Crippen molar-refractivity contribution in [3.8, 4) is 11.1 Å². The molecule has 0 aliphatic carbocycles. The van der Waals surface area contributed by atoms with Gasteiger partial charge in [0.2, 0.25) is 0 Å². The summed E-state index contributed by atoms with van der Waals surface area (Å²) in [6.45, 7) is 4.02. The monoisotopic (exact) mass is 352 g/mol. The molecule has 0 saturated heterocycles. The number of carbonyl (C=O) groups is 1. The summed E-state index contributed by atoms with van der Waals surface area (Å²) in [5.41, 5.74) is 4.64. The van der Waals surface area contributed by atoms with Crippen LogP contribution in [0.15, 0.2) is 40.9 Å². The highest BCUT2D eigenvalue weighted by Gasteiger charge is 2.08. The van der Waals surface area contributed by atoms with E-state index in [-0.39, 0.29) is 18.4 Å². The number of carbonyl (C=O) groups excluding carboxylic acids is 1. The van der Waals surface area contributed by atoms with E-state index in [0.717, 1.165) is 22.5 Å². The van der Waals surface area contributed by atoms with E-state index in [0.29, 0.717) is 24.4 Å². The zero-order valence-corrected chi connectivity index (χ0v) is 14.7. The number of benzene rings is 1. The smallest absolute Gasteiger partial charge is 0.252 e. The maximum absolute atomic E-state index is 12.2. The van der Waals surface area contributed by atoms with Gasteiger partial charge in [-0.3, -0.25) is 9.78 Å². The second-order valence-electron chi connectivity index (χ2n) is 5.98. The lowest BCUT2D eigenvalue weighted by Crippen LogP contribution is -2.25. The normalized spacial score (nSPS) is 10.7. The number of rotatable bonds is 6. The number of aryl methyl sites for hydroxylation is 2. The standard InChI is InChI=1S/C19H20N4O3/c1-12-9-16(10-13(2)21-12)14-3-5-15(6-4-14)19(25)20-8-7-17-22-18(11-24)26-23-17/h3-6,9-10,24H,7-8,11H2,1-2H3,(H,20,25). The largest absolute Gasteiger partial charge is 0.387 e. The Morgan fingerprint density at radius 1 is 1.08 bits per heavy atom. The summed E-state index contributed by atoms with van der Waals surface area (Å²) in [5, 5.41) is 15.4. The Morgan fingerprint density at radius 2 is 1.77 bits per heavy atom. The maximum Gasteiger partial charge on any atom is 0.252 e. The van der Waals surface area contributed by atoms with Crippen molar-refractivity contribution >= 4 is 5.91 Å². The Bertz CT molecular complexity index is 883. The molecule has 0 atom stereocenters. The Hall–Kier alpha value is -3.06. The number of aromatic nitrogens is 3. The van der Waals surface area contributed by atoms with E-state index in [4.69, 9.17) is 9.63 Å². The van der Waals surface area contributed by atoms with Crippen LogP contribution in [0.4, 0.5) is 0 Å². The van der Waals surface area contributed by atoms with E-state index in [1.807, 2.05) is 38.1 Å². The van der Waals surface area contributed by atoms with Gasteiger partial charge in [0.25, 0.3) is 11.8 Å². The Morgan fingerprint density at radius 3 is 2.38 bits per heavy atom. The number of pyridine rings is 1. The van der Waals surface area contributed by atoms with Crippen LogP contribution in [0.2, 0.25) is 0 Å². The third kappa shape index (κ3) is 4.31. The van der Waals surface area contributed by atoms with Crippen LogP contribution in [0.5, 0.6) is 0 Å². The van der Waals surface area contributed by atoms with E-state index in [2.05, 4.69) is 20.4 Å². The third-order valence-corrected chi connectivity index (χ3v) is 3.84. The Kier molecular flexibility index (Phi) is 5.38. The van der Waals surface area contributed by atoms with Gasteiger partial charge in [0.05, 0.1) is 0 Å². The predicted octanol–water partition coefficient (Wildman–Crippen LogP) is 2.21. The zero-order valence-electron chi connectivity index (χ0n) is 14.7. The lowest BCUT2D eigenvalue weighted by atomic mass is 10.0. The molecule has 3 rings (SSSR count). The molecule has 2 aromatic heterocycles. The molecule has 7 heteroatoms. The second kappa shape index (κ2) is 7.88. The minimum absolute atomic E-state index is 0.162. The van der Waals surface area contributed by atoms with Gasteiger partial charge in [0, 0.05) is 29.9 Å². The van der Waals surface area contributed by atoms with Crippen LogP contribution in [0, 0.1) is 13.8 Å². The van der Waals surface area contributed by atoms with Crippen LogP contribution in [0.3, 0.4) is 0 Å². The van der Waals surface area contributed by atoms with Crippen LogP contribution in [-0.4, -0.2) is 32.7 Å². The van der Waals surface area contributed by atoms with Crippen LogP contribution in [0.25, 0.3) is 11.1 Å². The fourth-order valence-corrected chi connectivity index (χ4v) is 2.66. The van der Waals surface area contributed by atoms with Gasteiger partial charge in [-0.05, 0) is 49.2 Å². The Balaban J connectivity index is 1.59. The molecule has 2 heterocycles. The quantitative estimate of drug-likeness (QED) is 0.705. The van der Waals surface area contributed by atoms with E-state index in [1.54, 1.807) is 12.1 Å². The van der Waals surface area contributed by atoms with Crippen LogP contribution >= 0.6 is 0 Å². The Labute approximate surface area is 151 Å². The number of nitrogens with one attached hydrogen (secondary N) is 1. The van der Waals surface area contributed by atoms with Crippen molar-refractivity contribution in [3.63, 3.8) is 0 Å². The molecule has 0 aliphatic rings. The minimum atomic E-state index is -0.289. The molecule has 0 spiro atoms. The van der Waals surface area contributed by atoms with Gasteiger partial charge in [-0.15, -0.1) is 0 Å². The molecule has 0 saturated carbocycles. The summed E-state index contributed by atoms with van der Waals surface area (Å²) < 4.78 is 4.80. The topological polar surface area (TPSA) is 101 Å². The molecule has 1 amide bonds. The summed E-state index contributed by atoms with van der Waals surface area (Å²) in [6, 6.07) is 11.5. The van der Waals surface area contributed by atoms with Gasteiger partial charge in [-0.25, -0.2) is 0 Å². The summed E-state index contributed by atoms with van der Waals surface area (Å²) in [4.78, 5) is 20.6. The number of hydrogen-bond donors (Lipinski definition) is 2. The highest BCUT2D eigenvalue weighted by Crippen LogP contribution is 2.21. The van der Waals surface area contributed by atoms with E-state index in [9.17, 15) is 4.79 Å². The summed E-state index contributed by atoms with van der Waals surface area (Å²) in [5.74, 6) is 0.459. The lowest BCUT2D eigenvalue weighted by Gasteiger charge is -2.07. The van der Waals surface area contributed by atoms with E-state index in [1.165, 1.54) is 0 Å². The van der Waals surface area contributed by atoms with Crippen molar-refractivity contribution in [1.82, 2.24) is 20.4 Å². The fraction of sp³-hybridized carbons (Fsp3) is 0.263. The van der Waals surface area contributed by atoms with Gasteiger partial charge in [-0.1, -0.05) is 17.3 Å². The molecule has 1 aromatic carbocycles. The van der Waals surface area contributed by atoms with Gasteiger partial charge >= 0.3 is 0 Å². The first-order chi connectivity index (χ1) is 12.5. The van der Waals surface area contributed by atoms with Crippen molar-refractivity contribution in [1.29, 1.82) is 0 Å². The van der Waals surface area contributed by atoms with Gasteiger partial charge in [0.1, 0.15) is 6.61 Å². The highest BCUT2D eigenvalue weighted by atomic mass is 16.5. The van der Waals surface area contributed by atoms with Gasteiger partial charge < -0.3 is 14.9 Å². The predicted molar refractivity (Wildman–Crippen MR) is 95.4 cm³/mol. The molecule has 7 nitrogen and oxygen atoms in total. The first-order valence-electron chi connectivity index (χ1n) is 8.31. The van der Waals surface area contributed by atoms with Crippen LogP contribution < -0.4 is 5.32 Å². The second-order valence-corrected chi connectivity index (χ2v) is 5.98. The minimum Gasteiger partial charge on any atom is -0.387 e. The molecular formula is C19H20N4O3. The summed E-state index contributed by atoms with van der Waals surface area (Å²) >= 11 is 0. The zero-order chi connectivity index (χ0) is 18.5. The third-order valence-electron chi connectivity index (χ3n) is 3.84. The number of amides is 1. The van der Waals surface area contributed by atoms with Crippen molar-refractivity contribution < 1.29 is 14.4 Å². The molecule has 26 heavy (non-hydrogen) atoms. The maximum atomic E-state index is 12.2. The summed E-state index contributed by atoms with van der Waals surface area (Å²) in [7, 11) is 0. The molecular weight excluding hydrogens is 332 g/mol. The first-order valence-corrected chi connectivity index (χ1v) is 8.31. The fourth-order valence-electron chi connectivity index (χ4n) is 2.66. The van der Waals surface area contributed by atoms with Crippen LogP contribution in [-0.2, 0) is 13.0 Å². The lowest BCUT2D eigenvalue weighted by molar-refractivity contribution is 0.0954. The molecule has 2 N–H and O–H groups in total. The number of hydrogen-bond acceptors (Lipinski definition) is 6. The van der Waals surface area contributed by atoms with Gasteiger partial charge in [-0.2, -0.15) is 4.98 Å². The van der Waals surface area contributed by atoms with Crippen molar-refractivity contribution in [2.45, 2.75) is 26.9 Å². The average Bonchev–Trinajstić information content (AvgIpc) is 3.09. The SMILES string of the molecule is Cc1cc(-c2ccc(C(=O)NCCc3noc(CO)n3)cc2)cc(C)n1. The molecule has 3 aromatic rings. The molecule has 0 radical (unpaired) electrons. The number of aliphatic hydroxyl groups is 1. The average molecular weight is 352 g/mol. The number of aliphatic hydroxyl groups excluding tert-OH is 1. The molecule has 0 unspecified atom stereocenters. The van der Waals surface area contributed by atoms with Crippen molar-refractivity contribution in [2.24, 2.45) is 0 Å². The molecule has 134 valence electrons. The van der Waals surface area contributed by atoms with Crippen LogP contribution in [0.1, 0.15) is 33.5 Å². The molecule has 0 fully saturated rings. The van der Waals surface area contributed by atoms with Crippen molar-refractivity contribution in [2.75, 3.05) is 6.54 Å². The highest BCUT2D eigenvalue weighted by molar-refractivity contribution is 5.94. The van der Waals surface area contributed by atoms with Crippen molar-refractivity contribution in [3.05, 3.63) is 65.1 Å². The first kappa shape index (κ1) is 17.8.